The number of hydrogen-bond acceptors (Lipinski definition) is 16. The molecule has 9 atom stereocenters. The molecule has 0 bridgehead atoms. The lowest BCUT2D eigenvalue weighted by atomic mass is 9.99. The molecule has 0 aliphatic carbocycles. The van der Waals surface area contributed by atoms with Crippen molar-refractivity contribution in [1.29, 1.82) is 0 Å². The zero-order valence-electron chi connectivity index (χ0n) is 27.0. The van der Waals surface area contributed by atoms with E-state index in [1.165, 1.54) is 11.8 Å². The Morgan fingerprint density at radius 2 is 1.44 bits per heavy atom. The van der Waals surface area contributed by atoms with E-state index in [0.29, 0.717) is 37.2 Å². The SMILES string of the molecule is C[C@@H]1O[C@@H](OCCN(CCCO[C@H]2O[C@H](CO)[C@@H](O)[C@H](O)[C@@H]2O)C(=O)CCCCCCCC(=O)ON2C(=O)CCC2=O)C(=O)[C@H](O)[C@@H]1O. The maximum Gasteiger partial charge on any atom is 0.333 e. The summed E-state index contributed by atoms with van der Waals surface area (Å²) in [6.07, 6.45) is -8.89. The lowest BCUT2D eigenvalue weighted by molar-refractivity contribution is -0.301. The van der Waals surface area contributed by atoms with Crippen LogP contribution in [0.25, 0.3) is 0 Å². The molecule has 6 N–H and O–H groups in total. The summed E-state index contributed by atoms with van der Waals surface area (Å²) in [5.41, 5.74) is 0. The van der Waals surface area contributed by atoms with E-state index >= 15 is 0 Å². The highest BCUT2D eigenvalue weighted by Crippen LogP contribution is 2.22. The molecule has 0 radical (unpaired) electrons. The first-order valence-electron chi connectivity index (χ1n) is 16.3. The van der Waals surface area contributed by atoms with Gasteiger partial charge in [0.05, 0.1) is 25.9 Å². The molecule has 18 heteroatoms. The fraction of sp³-hybridized carbons (Fsp3) is 0.833. The monoisotopic (exact) mass is 692 g/mol. The van der Waals surface area contributed by atoms with Crippen molar-refractivity contribution < 1.29 is 78.4 Å². The van der Waals surface area contributed by atoms with Crippen molar-refractivity contribution in [2.45, 2.75) is 126 Å². The molecule has 48 heavy (non-hydrogen) atoms. The molecule has 3 rings (SSSR count). The summed E-state index contributed by atoms with van der Waals surface area (Å²) < 4.78 is 21.7. The van der Waals surface area contributed by atoms with E-state index in [-0.39, 0.29) is 64.3 Å². The van der Waals surface area contributed by atoms with Crippen molar-refractivity contribution in [2.24, 2.45) is 0 Å². The molecule has 3 aliphatic heterocycles. The number of hydroxylamine groups is 2. The van der Waals surface area contributed by atoms with Gasteiger partial charge in [-0.15, -0.1) is 5.06 Å². The van der Waals surface area contributed by atoms with Gasteiger partial charge in [0.15, 0.2) is 6.29 Å². The molecule has 3 amide bonds. The molecular formula is C30H48N2O16. The number of imide groups is 1. The predicted molar refractivity (Wildman–Crippen MR) is 158 cm³/mol. The zero-order chi connectivity index (χ0) is 35.4. The summed E-state index contributed by atoms with van der Waals surface area (Å²) in [6.45, 7) is 0.930. The zero-order valence-corrected chi connectivity index (χ0v) is 27.0. The Bertz CT molecular complexity index is 1080. The minimum atomic E-state index is -1.67. The van der Waals surface area contributed by atoms with Crippen LogP contribution in [0, 0.1) is 0 Å². The van der Waals surface area contributed by atoms with E-state index in [0.717, 1.165) is 0 Å². The first-order chi connectivity index (χ1) is 22.8. The van der Waals surface area contributed by atoms with Gasteiger partial charge >= 0.3 is 5.97 Å². The normalized spacial score (nSPS) is 30.9. The molecule has 274 valence electrons. The Kier molecular flexibility index (Phi) is 16.2. The van der Waals surface area contributed by atoms with Gasteiger partial charge in [0.25, 0.3) is 11.8 Å². The van der Waals surface area contributed by atoms with E-state index in [4.69, 9.17) is 23.8 Å². The van der Waals surface area contributed by atoms with Gasteiger partial charge in [-0.2, -0.15) is 0 Å². The van der Waals surface area contributed by atoms with Crippen molar-refractivity contribution in [3.05, 3.63) is 0 Å². The maximum atomic E-state index is 13.1. The van der Waals surface area contributed by atoms with E-state index in [2.05, 4.69) is 0 Å². The number of aliphatic hydroxyl groups is 6. The molecule has 0 saturated carbocycles. The van der Waals surface area contributed by atoms with Crippen molar-refractivity contribution in [3.8, 4) is 0 Å². The number of ether oxygens (including phenoxy) is 4. The van der Waals surface area contributed by atoms with Crippen LogP contribution in [-0.4, -0.2) is 158 Å². The van der Waals surface area contributed by atoms with Crippen LogP contribution in [0.4, 0.5) is 0 Å². The number of nitrogens with zero attached hydrogens (tertiary/aromatic N) is 2. The molecule has 0 aromatic rings. The Morgan fingerprint density at radius 3 is 2.10 bits per heavy atom. The van der Waals surface area contributed by atoms with Gasteiger partial charge in [0.2, 0.25) is 18.0 Å². The molecule has 3 fully saturated rings. The average Bonchev–Trinajstić information content (AvgIpc) is 3.38. The van der Waals surface area contributed by atoms with Gasteiger partial charge in [0, 0.05) is 38.8 Å². The molecule has 0 aromatic carbocycles. The highest BCUT2D eigenvalue weighted by Gasteiger charge is 2.44. The van der Waals surface area contributed by atoms with Gasteiger partial charge in [0.1, 0.15) is 36.6 Å². The van der Waals surface area contributed by atoms with Crippen LogP contribution in [0.2, 0.25) is 0 Å². The molecule has 0 aromatic heterocycles. The summed E-state index contributed by atoms with van der Waals surface area (Å²) in [7, 11) is 0. The van der Waals surface area contributed by atoms with Crippen LogP contribution in [0.3, 0.4) is 0 Å². The number of unbranched alkanes of at least 4 members (excludes halogenated alkanes) is 4. The molecule has 0 spiro atoms. The standard InChI is InChI=1S/C30H48N2O16/c1-17-23(38)25(40)27(42)29(46-17)45-15-13-31(12-7-14-44-30-28(43)26(41)24(39)18(16-33)47-30)19(34)8-5-3-2-4-6-9-22(37)48-32-20(35)10-11-21(32)36/h17-18,23-26,28-30,33,38-41,43H,2-16H2,1H3/t17-,18+,23+,24+,25+,26-,28-,29+,30-/m0/s1. The van der Waals surface area contributed by atoms with Crippen molar-refractivity contribution in [1.82, 2.24) is 9.96 Å². The average molecular weight is 693 g/mol. The van der Waals surface area contributed by atoms with Crippen LogP contribution in [0.1, 0.15) is 71.1 Å². The fourth-order valence-corrected chi connectivity index (χ4v) is 5.36. The second-order valence-corrected chi connectivity index (χ2v) is 12.0. The Balaban J connectivity index is 1.42. The smallest absolute Gasteiger partial charge is 0.333 e. The summed E-state index contributed by atoms with van der Waals surface area (Å²) in [5, 5.41) is 59.7. The first-order valence-corrected chi connectivity index (χ1v) is 16.3. The number of aliphatic hydroxyl groups excluding tert-OH is 6. The van der Waals surface area contributed by atoms with Crippen molar-refractivity contribution in [3.63, 3.8) is 0 Å². The van der Waals surface area contributed by atoms with Crippen LogP contribution in [0.15, 0.2) is 0 Å². The van der Waals surface area contributed by atoms with Crippen molar-refractivity contribution in [2.75, 3.05) is 32.9 Å². The number of amides is 3. The molecule has 18 nitrogen and oxygen atoms in total. The number of hydrogen-bond donors (Lipinski definition) is 6. The van der Waals surface area contributed by atoms with E-state index in [1.807, 2.05) is 0 Å². The highest BCUT2D eigenvalue weighted by atomic mass is 16.7. The summed E-state index contributed by atoms with van der Waals surface area (Å²) in [6, 6.07) is 0. The maximum absolute atomic E-state index is 13.1. The third kappa shape index (κ3) is 11.2. The third-order valence-electron chi connectivity index (χ3n) is 8.32. The van der Waals surface area contributed by atoms with E-state index in [9.17, 15) is 54.6 Å². The van der Waals surface area contributed by atoms with Gasteiger partial charge in [-0.25, -0.2) is 4.79 Å². The van der Waals surface area contributed by atoms with Gasteiger partial charge in [-0.3, -0.25) is 19.2 Å². The van der Waals surface area contributed by atoms with E-state index in [1.54, 1.807) is 0 Å². The first kappa shape index (κ1) is 39.8. The molecule has 3 heterocycles. The van der Waals surface area contributed by atoms with Crippen LogP contribution >= 0.6 is 0 Å². The number of rotatable bonds is 19. The topological polar surface area (TPSA) is 259 Å². The minimum absolute atomic E-state index is 0.0221. The Labute approximate surface area is 277 Å². The van der Waals surface area contributed by atoms with Crippen LogP contribution < -0.4 is 0 Å². The van der Waals surface area contributed by atoms with E-state index < -0.39 is 85.5 Å². The molecule has 3 aliphatic rings. The van der Waals surface area contributed by atoms with Gasteiger partial charge < -0.3 is 59.3 Å². The Hall–Kier alpha value is -2.65. The third-order valence-corrected chi connectivity index (χ3v) is 8.32. The minimum Gasteiger partial charge on any atom is -0.394 e. The highest BCUT2D eigenvalue weighted by molar-refractivity contribution is 6.01. The largest absolute Gasteiger partial charge is 0.394 e. The number of carbonyl (C=O) groups is 5. The second-order valence-electron chi connectivity index (χ2n) is 12.0. The number of carbonyl (C=O) groups excluding carboxylic acids is 5. The second kappa shape index (κ2) is 19.5. The van der Waals surface area contributed by atoms with Crippen LogP contribution in [-0.2, 0) is 47.8 Å². The lowest BCUT2D eigenvalue weighted by Crippen LogP contribution is -2.59. The molecule has 3 saturated heterocycles. The summed E-state index contributed by atoms with van der Waals surface area (Å²) >= 11 is 0. The Morgan fingerprint density at radius 1 is 0.792 bits per heavy atom. The van der Waals surface area contributed by atoms with Crippen LogP contribution in [0.5, 0.6) is 0 Å². The molecule has 0 unspecified atom stereocenters. The lowest BCUT2D eigenvalue weighted by Gasteiger charge is -2.39. The predicted octanol–water partition coefficient (Wildman–Crippen LogP) is -2.59. The quantitative estimate of drug-likeness (QED) is 0.0600. The number of Topliss-reactive ketones (excluding diaryl/α,β-unsaturated/α-hetero) is 1. The van der Waals surface area contributed by atoms with Gasteiger partial charge in [-0.1, -0.05) is 19.3 Å². The fourth-order valence-electron chi connectivity index (χ4n) is 5.36. The number of ketones is 1. The summed E-state index contributed by atoms with van der Waals surface area (Å²) in [5.74, 6) is -2.80. The van der Waals surface area contributed by atoms with Gasteiger partial charge in [-0.05, 0) is 26.2 Å². The van der Waals surface area contributed by atoms with Crippen molar-refractivity contribution >= 4 is 29.5 Å². The molecular weight excluding hydrogens is 644 g/mol. The summed E-state index contributed by atoms with van der Waals surface area (Å²) in [4.78, 5) is 66.7.